The molecule has 0 saturated carbocycles. The Morgan fingerprint density at radius 3 is 2.14 bits per heavy atom. The maximum atomic E-state index is 12.8. The first-order valence-corrected chi connectivity index (χ1v) is 7.85. The van der Waals surface area contributed by atoms with Crippen LogP contribution in [0.2, 0.25) is 0 Å². The predicted octanol–water partition coefficient (Wildman–Crippen LogP) is 3.99. The third-order valence-corrected chi connectivity index (χ3v) is 4.76. The molecule has 0 atom stereocenters. The summed E-state index contributed by atoms with van der Waals surface area (Å²) in [4.78, 5) is 0. The molecule has 5 heteroatoms. The van der Waals surface area contributed by atoms with Crippen LogP contribution in [-0.4, -0.2) is 16.1 Å². The van der Waals surface area contributed by atoms with Gasteiger partial charge < -0.3 is 4.43 Å². The van der Waals surface area contributed by atoms with Crippen molar-refractivity contribution in [2.75, 3.05) is 0 Å². The van der Waals surface area contributed by atoms with E-state index >= 15 is 0 Å². The molecule has 0 aliphatic rings. The molecule has 0 radical (unpaired) electrons. The molecule has 0 saturated heterocycles. The SMILES string of the molecule is CC(C)(Cc1ccc(-c2cccc(C(F)(F)F)c2)cc1)O[SiH3]. The lowest BCUT2D eigenvalue weighted by molar-refractivity contribution is -0.137. The number of alkyl halides is 3. The zero-order valence-electron chi connectivity index (χ0n) is 12.9. The summed E-state index contributed by atoms with van der Waals surface area (Å²) in [6, 6.07) is 13.0. The van der Waals surface area contributed by atoms with Gasteiger partial charge in [0.2, 0.25) is 0 Å². The van der Waals surface area contributed by atoms with Crippen LogP contribution in [-0.2, 0) is 17.0 Å². The van der Waals surface area contributed by atoms with Gasteiger partial charge in [0.25, 0.3) is 0 Å². The van der Waals surface area contributed by atoms with Crippen LogP contribution < -0.4 is 0 Å². The Kier molecular flexibility index (Phi) is 4.77. The minimum Gasteiger partial charge on any atom is -0.423 e. The summed E-state index contributed by atoms with van der Waals surface area (Å²) in [5, 5.41) is 0. The lowest BCUT2D eigenvalue weighted by atomic mass is 9.96. The Bertz CT molecular complexity index is 633. The van der Waals surface area contributed by atoms with Gasteiger partial charge in [-0.25, -0.2) is 0 Å². The van der Waals surface area contributed by atoms with Crippen molar-refractivity contribution in [1.29, 1.82) is 0 Å². The van der Waals surface area contributed by atoms with Gasteiger partial charge >= 0.3 is 6.18 Å². The number of hydrogen-bond acceptors (Lipinski definition) is 1. The zero-order valence-corrected chi connectivity index (χ0v) is 14.9. The first-order chi connectivity index (χ1) is 10.2. The number of benzene rings is 2. The van der Waals surface area contributed by atoms with Crippen LogP contribution in [0.15, 0.2) is 48.5 Å². The van der Waals surface area contributed by atoms with Crippen LogP contribution in [0.3, 0.4) is 0 Å². The zero-order chi connectivity index (χ0) is 16.4. The lowest BCUT2D eigenvalue weighted by Gasteiger charge is -2.23. The molecule has 0 aliphatic carbocycles. The van der Waals surface area contributed by atoms with E-state index in [9.17, 15) is 13.2 Å². The fourth-order valence-corrected chi connectivity index (χ4v) is 2.40. The Labute approximate surface area is 131 Å². The molecule has 0 spiro atoms. The topological polar surface area (TPSA) is 9.23 Å². The van der Waals surface area contributed by atoms with Crippen LogP contribution in [0.1, 0.15) is 25.0 Å². The highest BCUT2D eigenvalue weighted by molar-refractivity contribution is 5.98. The standard InChI is InChI=1S/C17H19F3OSi/c1-16(2,21-22)11-12-6-8-13(9-7-12)14-4-3-5-15(10-14)17(18,19)20/h3-10H,11H2,1-2,22H3. The third kappa shape index (κ3) is 4.21. The Balaban J connectivity index is 2.24. The second-order valence-electron chi connectivity index (χ2n) is 5.92. The first-order valence-electron chi connectivity index (χ1n) is 7.03. The van der Waals surface area contributed by atoms with Crippen molar-refractivity contribution in [3.05, 3.63) is 59.7 Å². The molecule has 22 heavy (non-hydrogen) atoms. The van der Waals surface area contributed by atoms with E-state index in [4.69, 9.17) is 4.43 Å². The maximum Gasteiger partial charge on any atom is 0.416 e. The maximum absolute atomic E-state index is 12.8. The average Bonchev–Trinajstić information content (AvgIpc) is 2.47. The Hall–Kier alpha value is -1.59. The van der Waals surface area contributed by atoms with Crippen LogP contribution in [0.25, 0.3) is 11.1 Å². The minimum atomic E-state index is -4.32. The second kappa shape index (κ2) is 6.26. The minimum absolute atomic E-state index is 0.204. The fraction of sp³-hybridized carbons (Fsp3) is 0.294. The smallest absolute Gasteiger partial charge is 0.416 e. The molecule has 0 bridgehead atoms. The monoisotopic (exact) mass is 324 g/mol. The summed E-state index contributed by atoms with van der Waals surface area (Å²) in [6.07, 6.45) is -3.54. The van der Waals surface area contributed by atoms with Crippen LogP contribution in [0.5, 0.6) is 0 Å². The summed E-state index contributed by atoms with van der Waals surface area (Å²) in [6.45, 7) is 4.06. The molecule has 0 heterocycles. The van der Waals surface area contributed by atoms with Crippen LogP contribution in [0, 0.1) is 0 Å². The molecule has 0 N–H and O–H groups in total. The lowest BCUT2D eigenvalue weighted by Crippen LogP contribution is -2.26. The van der Waals surface area contributed by atoms with Gasteiger partial charge in [0.15, 0.2) is 0 Å². The summed E-state index contributed by atoms with van der Waals surface area (Å²) in [5.41, 5.74) is 1.62. The summed E-state index contributed by atoms with van der Waals surface area (Å²) < 4.78 is 43.8. The number of hydrogen-bond donors (Lipinski definition) is 0. The predicted molar refractivity (Wildman–Crippen MR) is 85.7 cm³/mol. The highest BCUT2D eigenvalue weighted by Gasteiger charge is 2.30. The van der Waals surface area contributed by atoms with E-state index in [0.29, 0.717) is 16.0 Å². The van der Waals surface area contributed by atoms with Gasteiger partial charge in [-0.1, -0.05) is 36.4 Å². The van der Waals surface area contributed by atoms with Gasteiger partial charge in [-0.2, -0.15) is 13.2 Å². The van der Waals surface area contributed by atoms with E-state index in [2.05, 4.69) is 0 Å². The Morgan fingerprint density at radius 2 is 1.59 bits per heavy atom. The van der Waals surface area contributed by atoms with Gasteiger partial charge in [0.1, 0.15) is 10.5 Å². The molecular formula is C17H19F3OSi. The molecule has 0 aliphatic heterocycles. The number of halogens is 3. The quantitative estimate of drug-likeness (QED) is 0.773. The molecule has 0 fully saturated rings. The van der Waals surface area contributed by atoms with Crippen molar-refractivity contribution in [2.24, 2.45) is 0 Å². The van der Waals surface area contributed by atoms with Gasteiger partial charge in [0.05, 0.1) is 11.2 Å². The normalized spacial score (nSPS) is 12.6. The number of rotatable bonds is 4. The molecular weight excluding hydrogens is 305 g/mol. The van der Waals surface area contributed by atoms with E-state index in [1.165, 1.54) is 12.1 Å². The molecule has 2 rings (SSSR count). The summed E-state index contributed by atoms with van der Waals surface area (Å²) in [5.74, 6) is 0. The largest absolute Gasteiger partial charge is 0.423 e. The van der Waals surface area contributed by atoms with Gasteiger partial charge in [0, 0.05) is 0 Å². The van der Waals surface area contributed by atoms with Gasteiger partial charge in [-0.05, 0) is 49.1 Å². The second-order valence-corrected chi connectivity index (χ2v) is 6.32. The molecule has 118 valence electrons. The summed E-state index contributed by atoms with van der Waals surface area (Å²) in [7, 11) is 0.674. The molecule has 0 aromatic heterocycles. The van der Waals surface area contributed by atoms with Crippen molar-refractivity contribution in [3.63, 3.8) is 0 Å². The van der Waals surface area contributed by atoms with E-state index in [-0.39, 0.29) is 5.60 Å². The van der Waals surface area contributed by atoms with Crippen LogP contribution in [0.4, 0.5) is 13.2 Å². The van der Waals surface area contributed by atoms with Gasteiger partial charge in [-0.15, -0.1) is 0 Å². The molecule has 2 aromatic carbocycles. The Morgan fingerprint density at radius 1 is 0.955 bits per heavy atom. The third-order valence-electron chi connectivity index (χ3n) is 3.66. The van der Waals surface area contributed by atoms with Crippen molar-refractivity contribution >= 4 is 10.5 Å². The van der Waals surface area contributed by atoms with E-state index in [1.54, 1.807) is 6.07 Å². The van der Waals surface area contributed by atoms with Crippen molar-refractivity contribution in [1.82, 2.24) is 0 Å². The molecule has 1 nitrogen and oxygen atoms in total. The van der Waals surface area contributed by atoms with Gasteiger partial charge in [-0.3, -0.25) is 0 Å². The molecule has 0 amide bonds. The summed E-state index contributed by atoms with van der Waals surface area (Å²) >= 11 is 0. The van der Waals surface area contributed by atoms with E-state index < -0.39 is 11.7 Å². The van der Waals surface area contributed by atoms with E-state index in [1.807, 2.05) is 38.1 Å². The first kappa shape index (κ1) is 16.8. The van der Waals surface area contributed by atoms with Crippen molar-refractivity contribution < 1.29 is 17.6 Å². The van der Waals surface area contributed by atoms with Crippen molar-refractivity contribution in [3.8, 4) is 11.1 Å². The highest BCUT2D eigenvalue weighted by atomic mass is 28.2. The fourth-order valence-electron chi connectivity index (χ4n) is 2.25. The molecule has 2 aromatic rings. The van der Waals surface area contributed by atoms with E-state index in [0.717, 1.165) is 23.6 Å². The van der Waals surface area contributed by atoms with Crippen LogP contribution >= 0.6 is 0 Å². The average molecular weight is 324 g/mol. The molecule has 0 unspecified atom stereocenters. The highest BCUT2D eigenvalue weighted by Crippen LogP contribution is 2.32. The van der Waals surface area contributed by atoms with Crippen molar-refractivity contribution in [2.45, 2.75) is 32.0 Å².